The fourth-order valence-corrected chi connectivity index (χ4v) is 10.8. The monoisotopic (exact) mass is 1830 g/mol. The number of nitrogens with one attached hydrogen (secondary N) is 8. The van der Waals surface area contributed by atoms with Crippen LogP contribution in [0.5, 0.6) is 46.0 Å². The van der Waals surface area contributed by atoms with Gasteiger partial charge >= 0.3 is 0 Å². The summed E-state index contributed by atoms with van der Waals surface area (Å²) >= 11 is 24.1. The van der Waals surface area contributed by atoms with E-state index in [4.69, 9.17) is 84.0 Å². The average Bonchev–Trinajstić information content (AvgIpc) is 0.829. The quantitative estimate of drug-likeness (QED) is 0.00255. The summed E-state index contributed by atoms with van der Waals surface area (Å²) in [6, 6.07) is 49.4. The maximum absolute atomic E-state index is 11.6. The molecular formula is C78H97Cl3N8O14S11-4. The van der Waals surface area contributed by atoms with E-state index in [2.05, 4.69) is 114 Å². The van der Waals surface area contributed by atoms with Crippen LogP contribution in [0.1, 0.15) is 141 Å². The van der Waals surface area contributed by atoms with E-state index in [1.165, 1.54) is 6.07 Å². The summed E-state index contributed by atoms with van der Waals surface area (Å²) in [5.41, 5.74) is 5.42. The largest absolute Gasteiger partial charge is 0.755 e. The number of rotatable bonds is 36. The molecule has 0 bridgehead atoms. The lowest BCUT2D eigenvalue weighted by atomic mass is 10.1. The number of hydrogen-bond acceptors (Lipinski definition) is 22. The maximum Gasteiger partial charge on any atom is 0.216 e. The zero-order valence-corrected chi connectivity index (χ0v) is 74.8. The summed E-state index contributed by atoms with van der Waals surface area (Å²) in [5.74, 6) is 3.75. The summed E-state index contributed by atoms with van der Waals surface area (Å²) < 4.78 is 132. The molecular weight excluding hydrogens is 1730 g/mol. The predicted octanol–water partition coefficient (Wildman–Crippen LogP) is 22.7. The van der Waals surface area contributed by atoms with Crippen molar-refractivity contribution < 1.29 is 63.0 Å². The molecule has 114 heavy (non-hydrogen) atoms. The van der Waals surface area contributed by atoms with E-state index < -0.39 is 59.4 Å². The van der Waals surface area contributed by atoms with Crippen molar-refractivity contribution in [2.24, 2.45) is 0 Å². The van der Waals surface area contributed by atoms with Crippen LogP contribution in [-0.4, -0.2) is 83.3 Å². The van der Waals surface area contributed by atoms with Crippen molar-refractivity contribution in [3.8, 4) is 46.0 Å². The minimum absolute atomic E-state index is 0. The van der Waals surface area contributed by atoms with Crippen LogP contribution in [0.3, 0.4) is 0 Å². The minimum atomic E-state index is -2.57. The molecule has 0 aliphatic heterocycles. The first-order chi connectivity index (χ1) is 53.6. The molecule has 22 nitrogen and oxygen atoms in total. The van der Waals surface area contributed by atoms with Gasteiger partial charge in [-0.05, 0) is 156 Å². The molecule has 4 unspecified atom stereocenters. The molecule has 8 aromatic carbocycles. The van der Waals surface area contributed by atoms with Gasteiger partial charge in [-0.1, -0.05) is 194 Å². The van der Waals surface area contributed by atoms with Gasteiger partial charge < -0.3 is 102 Å². The summed E-state index contributed by atoms with van der Waals surface area (Å²) in [5, 5.41) is 12.5. The van der Waals surface area contributed by atoms with Gasteiger partial charge in [0.05, 0.1) is 49.7 Å². The van der Waals surface area contributed by atoms with Crippen molar-refractivity contribution in [3.63, 3.8) is 0 Å². The number of carbonyl (C=O) groups is 1. The molecule has 0 spiro atoms. The summed E-state index contributed by atoms with van der Waals surface area (Å²) in [4.78, 5) is 11.6. The Bertz CT molecular complexity index is 3830. The number of ether oxygens (including phenoxy) is 4. The molecule has 0 saturated carbocycles. The van der Waals surface area contributed by atoms with Gasteiger partial charge in [-0.15, -0.1) is 29.5 Å². The first-order valence-corrected chi connectivity index (χ1v) is 44.4. The molecule has 8 N–H and O–H groups in total. The number of halogens is 3. The minimum Gasteiger partial charge on any atom is -0.755 e. The van der Waals surface area contributed by atoms with Crippen LogP contribution in [0, 0.1) is 7.43 Å². The van der Waals surface area contributed by atoms with Crippen molar-refractivity contribution in [1.29, 1.82) is 0 Å². The molecule has 0 fully saturated rings. The average molecular weight is 1830 g/mol. The van der Waals surface area contributed by atoms with E-state index in [0.29, 0.717) is 108 Å². The van der Waals surface area contributed by atoms with Gasteiger partial charge in [-0.25, -0.2) is 4.21 Å². The molecule has 624 valence electrons. The van der Waals surface area contributed by atoms with E-state index in [0.717, 1.165) is 64.5 Å². The van der Waals surface area contributed by atoms with Crippen molar-refractivity contribution in [3.05, 3.63) is 224 Å². The lowest BCUT2D eigenvalue weighted by molar-refractivity contribution is 0.109. The summed E-state index contributed by atoms with van der Waals surface area (Å²) in [6.07, 6.45) is 15.9. The molecule has 0 aliphatic rings. The third-order valence-corrected chi connectivity index (χ3v) is 17.2. The highest BCUT2D eigenvalue weighted by molar-refractivity contribution is 8.26. The second kappa shape index (κ2) is 63.2. The molecule has 0 heterocycles. The highest BCUT2D eigenvalue weighted by Gasteiger charge is 2.20. The smallest absolute Gasteiger partial charge is 0.216 e. The second-order valence-electron chi connectivity index (χ2n) is 22.4. The van der Waals surface area contributed by atoms with Crippen LogP contribution >= 0.6 is 94.9 Å². The van der Waals surface area contributed by atoms with Crippen LogP contribution in [0.25, 0.3) is 0 Å². The summed E-state index contributed by atoms with van der Waals surface area (Å²) in [7, 11) is 7.36. The van der Waals surface area contributed by atoms with Gasteiger partial charge in [-0.3, -0.25) is 21.6 Å². The number of unbranched alkanes of at least 4 members (excludes halogenated alkanes) is 4. The predicted molar refractivity (Wildman–Crippen MR) is 500 cm³/mol. The van der Waals surface area contributed by atoms with Gasteiger partial charge in [0.25, 0.3) is 0 Å². The number of allylic oxidation sites excluding steroid dienone is 4. The topological polar surface area (TPSA) is 328 Å². The summed E-state index contributed by atoms with van der Waals surface area (Å²) in [6.45, 7) is 19.1. The van der Waals surface area contributed by atoms with Crippen molar-refractivity contribution in [1.82, 2.24) is 0 Å². The third kappa shape index (κ3) is 44.9. The lowest BCUT2D eigenvalue weighted by Gasteiger charge is -2.21. The van der Waals surface area contributed by atoms with Gasteiger partial charge in [-0.2, -0.15) is 0 Å². The molecule has 0 saturated heterocycles. The van der Waals surface area contributed by atoms with E-state index in [-0.39, 0.29) is 46.0 Å². The van der Waals surface area contributed by atoms with Crippen molar-refractivity contribution in [2.75, 3.05) is 66.3 Å². The molecule has 0 radical (unpaired) electrons. The first kappa shape index (κ1) is 107. The molecule has 36 heteroatoms. The number of thiocarbonyl (C=S) groups is 3. The molecule has 4 atom stereocenters. The fraction of sp³-hybridized carbons (Fsp3) is 0.269. The van der Waals surface area contributed by atoms with Crippen LogP contribution in [-0.2, 0) is 66.9 Å². The molecule has 8 aromatic rings. The Morgan fingerprint density at radius 2 is 0.623 bits per heavy atom. The number of hydrogen-bond donors (Lipinski definition) is 10. The van der Waals surface area contributed by atoms with Crippen LogP contribution in [0.15, 0.2) is 194 Å². The molecule has 0 aliphatic carbocycles. The number of carbonyl (C=O) groups excluding carboxylic acids is 1. The van der Waals surface area contributed by atoms with Crippen molar-refractivity contribution >= 4 is 225 Å². The number of anilines is 8. The number of para-hydroxylation sites is 4. The Hall–Kier alpha value is -6.97. The SMILES string of the molecule is C.CC=CC.CC=CC.CCCCNc1cc(C(=O)S)cc(NS(=O)[O-])c1Oc1ccccc1.CCCCNc1cc(C(=S)Cl)cc(NS(=O)[O-])c1Oc1ccccc1.CCCCNc1cc(C(=S)S)cc(NS(=O)[O-])c1Oc1ccccc1.CCCCNc1cc(C(=S)[S-])cc(NS(=O)[O-])c1Oc1ccccc1.O=S(Cl)Cl.[CH3+]. The Kier molecular flexibility index (Phi) is 59.3. The first-order valence-electron chi connectivity index (χ1n) is 34.4. The van der Waals surface area contributed by atoms with Gasteiger partial charge in [0.2, 0.25) is 14.3 Å². The van der Waals surface area contributed by atoms with Gasteiger partial charge in [0.1, 0.15) is 27.3 Å². The zero-order valence-electron chi connectivity index (χ0n) is 63.4. The highest BCUT2D eigenvalue weighted by Crippen LogP contribution is 2.43. The Morgan fingerprint density at radius 3 is 0.833 bits per heavy atom. The van der Waals surface area contributed by atoms with Crippen LogP contribution in [0.4, 0.5) is 45.5 Å². The maximum atomic E-state index is 11.6. The Balaban J connectivity index is 0.00000141. The zero-order chi connectivity index (χ0) is 83.3. The van der Waals surface area contributed by atoms with Crippen LogP contribution in [0.2, 0.25) is 0 Å². The second-order valence-corrected chi connectivity index (χ2v) is 31.3. The Labute approximate surface area is 731 Å². The lowest BCUT2D eigenvalue weighted by Crippen LogP contribution is -2.09. The normalized spacial score (nSPS) is 11.2. The van der Waals surface area contributed by atoms with E-state index in [9.17, 15) is 39.8 Å². The molecule has 0 aromatic heterocycles. The molecule has 0 amide bonds. The fourth-order valence-electron chi connectivity index (χ4n) is 8.65. The van der Waals surface area contributed by atoms with E-state index in [1.54, 1.807) is 84.9 Å². The van der Waals surface area contributed by atoms with Gasteiger partial charge in [0.15, 0.2) is 23.0 Å². The van der Waals surface area contributed by atoms with E-state index >= 15 is 0 Å². The number of benzene rings is 8. The van der Waals surface area contributed by atoms with Gasteiger partial charge in [0, 0.05) is 117 Å². The van der Waals surface area contributed by atoms with Crippen LogP contribution < -0.4 is 59.1 Å². The standard InChI is InChI=1S/C17H19ClN2O3S2.C17H20N2O4S2.2C17H20N2O3S3.2C4H8.CH4.CH3.Cl2OS/c1-2-3-9-19-14-10-12(17(18)24)11-15(20-25(21)22)16(14)23-13-7-5-4-6-8-13;1-2-3-9-18-14-10-12(17(20)24)11-15(19-25(21)22)16(14)23-13-7-5-4-6-8-13;2*1-2-3-9-18-14-10-12(17(23)24)11-15(19-25(20)21)16(14)22-13-7-5-4-6-8-13;2*1-3-4-2;;;1-4(2)3/h4-8,10-11,19-20H,2-3,9H2,1H3,(H,21,22);4-8,10-11,18-19H,2-3,9H2,1H3,(H,20,24)(H,21,22);2*4-8,10-11,18-19H,2-3,9H2,1H3,(H,20,21)(H,23,24);2*3-4H,1-2H3;1H4;1H3;/q;;;;;;;+1;/p-5. The third-order valence-electron chi connectivity index (χ3n) is 14.0. The van der Waals surface area contributed by atoms with Crippen molar-refractivity contribution in [2.45, 2.75) is 114 Å². The van der Waals surface area contributed by atoms with E-state index in [1.807, 2.05) is 131 Å². The highest BCUT2D eigenvalue weighted by atomic mass is 36.0. The molecule has 8 rings (SSSR count). The Morgan fingerprint density at radius 1 is 0.412 bits per heavy atom. The number of thiol groups is 2.